The van der Waals surface area contributed by atoms with Gasteiger partial charge in [-0.3, -0.25) is 14.9 Å². The zero-order chi connectivity index (χ0) is 12.6. The van der Waals surface area contributed by atoms with Crippen LogP contribution in [0, 0.1) is 16.0 Å². The molecule has 0 aliphatic heterocycles. The third kappa shape index (κ3) is 2.30. The smallest absolute Gasteiger partial charge is 0.395 e. The summed E-state index contributed by atoms with van der Waals surface area (Å²) in [5.74, 6) is -0.140. The third-order valence-electron chi connectivity index (χ3n) is 3.22. The van der Waals surface area contributed by atoms with Crippen LogP contribution in [0.3, 0.4) is 0 Å². The largest absolute Gasteiger partial charge is 0.433 e. The van der Waals surface area contributed by atoms with Gasteiger partial charge in [0.2, 0.25) is 0 Å². The van der Waals surface area contributed by atoms with Crippen molar-refractivity contribution in [1.82, 2.24) is 4.90 Å². The van der Waals surface area contributed by atoms with Gasteiger partial charge in [0, 0.05) is 13.1 Å². The standard InChI is InChI=1S/C11H14N2O4/c1-7(8-3-4-8)12(2)11(14)9-5-6-10(17-9)13(15)16/h5-8H,3-4H2,1-2H3. The summed E-state index contributed by atoms with van der Waals surface area (Å²) >= 11 is 0. The van der Waals surface area contributed by atoms with Gasteiger partial charge in [0.25, 0.3) is 5.91 Å². The van der Waals surface area contributed by atoms with Gasteiger partial charge in [-0.15, -0.1) is 0 Å². The molecule has 0 aromatic carbocycles. The van der Waals surface area contributed by atoms with Crippen molar-refractivity contribution in [3.05, 3.63) is 28.0 Å². The fourth-order valence-corrected chi connectivity index (χ4v) is 1.79. The molecule has 0 radical (unpaired) electrons. The molecule has 6 heteroatoms. The van der Waals surface area contributed by atoms with E-state index in [4.69, 9.17) is 4.42 Å². The normalized spacial score (nSPS) is 16.6. The van der Waals surface area contributed by atoms with Gasteiger partial charge >= 0.3 is 5.88 Å². The zero-order valence-corrected chi connectivity index (χ0v) is 9.75. The van der Waals surface area contributed by atoms with Gasteiger partial charge in [0.05, 0.1) is 6.07 Å². The molecule has 1 fully saturated rings. The Hall–Kier alpha value is -1.85. The number of hydrogen-bond acceptors (Lipinski definition) is 4. The topological polar surface area (TPSA) is 76.6 Å². The third-order valence-corrected chi connectivity index (χ3v) is 3.22. The maximum atomic E-state index is 12.0. The average molecular weight is 238 g/mol. The number of carbonyl (C=O) groups excluding carboxylic acids is 1. The van der Waals surface area contributed by atoms with Gasteiger partial charge in [-0.1, -0.05) is 0 Å². The molecular formula is C11H14N2O4. The second kappa shape index (κ2) is 4.20. The van der Waals surface area contributed by atoms with E-state index in [0.717, 1.165) is 12.8 Å². The summed E-state index contributed by atoms with van der Waals surface area (Å²) in [7, 11) is 1.69. The van der Waals surface area contributed by atoms with Crippen LogP contribution in [0.1, 0.15) is 30.3 Å². The van der Waals surface area contributed by atoms with Crippen molar-refractivity contribution in [2.75, 3.05) is 7.05 Å². The molecule has 17 heavy (non-hydrogen) atoms. The van der Waals surface area contributed by atoms with Crippen LogP contribution in [0.4, 0.5) is 5.88 Å². The Labute approximate surface area is 98.3 Å². The first-order chi connectivity index (χ1) is 8.00. The molecule has 1 unspecified atom stereocenters. The molecule has 1 saturated carbocycles. The second-order valence-electron chi connectivity index (χ2n) is 4.39. The van der Waals surface area contributed by atoms with E-state index in [1.54, 1.807) is 11.9 Å². The highest BCUT2D eigenvalue weighted by molar-refractivity contribution is 5.91. The summed E-state index contributed by atoms with van der Waals surface area (Å²) < 4.78 is 4.89. The van der Waals surface area contributed by atoms with Crippen LogP contribution in [-0.2, 0) is 0 Å². The number of furan rings is 1. The first-order valence-electron chi connectivity index (χ1n) is 5.52. The van der Waals surface area contributed by atoms with E-state index in [1.807, 2.05) is 6.92 Å². The van der Waals surface area contributed by atoms with Crippen molar-refractivity contribution in [3.8, 4) is 0 Å². The van der Waals surface area contributed by atoms with E-state index >= 15 is 0 Å². The van der Waals surface area contributed by atoms with Crippen LogP contribution in [0.25, 0.3) is 0 Å². The van der Waals surface area contributed by atoms with Crippen LogP contribution in [0.2, 0.25) is 0 Å². The van der Waals surface area contributed by atoms with Gasteiger partial charge in [0.15, 0.2) is 5.76 Å². The second-order valence-corrected chi connectivity index (χ2v) is 4.39. The Balaban J connectivity index is 2.09. The van der Waals surface area contributed by atoms with Crippen LogP contribution in [-0.4, -0.2) is 28.8 Å². The van der Waals surface area contributed by atoms with Crippen LogP contribution >= 0.6 is 0 Å². The quantitative estimate of drug-likeness (QED) is 0.594. The Morgan fingerprint density at radius 3 is 2.71 bits per heavy atom. The minimum atomic E-state index is -0.652. The fourth-order valence-electron chi connectivity index (χ4n) is 1.79. The van der Waals surface area contributed by atoms with Gasteiger partial charge in [0.1, 0.15) is 4.92 Å². The summed E-state index contributed by atoms with van der Waals surface area (Å²) in [6.45, 7) is 1.98. The molecule has 6 nitrogen and oxygen atoms in total. The maximum Gasteiger partial charge on any atom is 0.433 e. The van der Waals surface area contributed by atoms with Gasteiger partial charge < -0.3 is 9.32 Å². The van der Waals surface area contributed by atoms with Crippen LogP contribution in [0.15, 0.2) is 16.5 Å². The lowest BCUT2D eigenvalue weighted by Gasteiger charge is -2.23. The molecule has 1 aromatic rings. The molecule has 1 aliphatic carbocycles. The highest BCUT2D eigenvalue weighted by Crippen LogP contribution is 2.35. The van der Waals surface area contributed by atoms with E-state index in [-0.39, 0.29) is 17.7 Å². The summed E-state index contributed by atoms with van der Waals surface area (Å²) in [6, 6.07) is 2.69. The van der Waals surface area contributed by atoms with Crippen molar-refractivity contribution >= 4 is 11.8 Å². The summed E-state index contributed by atoms with van der Waals surface area (Å²) in [5.41, 5.74) is 0. The first-order valence-corrected chi connectivity index (χ1v) is 5.52. The summed E-state index contributed by atoms with van der Waals surface area (Å²) in [5, 5.41) is 10.4. The van der Waals surface area contributed by atoms with Gasteiger partial charge in [-0.25, -0.2) is 0 Å². The van der Waals surface area contributed by atoms with Crippen molar-refractivity contribution in [2.24, 2.45) is 5.92 Å². The number of carbonyl (C=O) groups is 1. The van der Waals surface area contributed by atoms with Gasteiger partial charge in [-0.05, 0) is 31.7 Å². The molecule has 1 heterocycles. The Kier molecular flexibility index (Phi) is 2.87. The predicted molar refractivity (Wildman–Crippen MR) is 59.6 cm³/mol. The number of amides is 1. The molecule has 1 amide bonds. The first kappa shape index (κ1) is 11.6. The SMILES string of the molecule is CC(C1CC1)N(C)C(=O)c1ccc([N+](=O)[O-])o1. The summed E-state index contributed by atoms with van der Waals surface area (Å²) in [6.07, 6.45) is 2.27. The lowest BCUT2D eigenvalue weighted by molar-refractivity contribution is -0.402. The Morgan fingerprint density at radius 1 is 1.59 bits per heavy atom. The number of rotatable bonds is 4. The fraction of sp³-hybridized carbons (Fsp3) is 0.545. The number of nitrogens with zero attached hydrogens (tertiary/aromatic N) is 2. The van der Waals surface area contributed by atoms with Crippen LogP contribution < -0.4 is 0 Å². The minimum Gasteiger partial charge on any atom is -0.395 e. The summed E-state index contributed by atoms with van der Waals surface area (Å²) in [4.78, 5) is 23.3. The lowest BCUT2D eigenvalue weighted by atomic mass is 10.2. The van der Waals surface area contributed by atoms with Crippen molar-refractivity contribution in [2.45, 2.75) is 25.8 Å². The zero-order valence-electron chi connectivity index (χ0n) is 9.75. The molecule has 92 valence electrons. The average Bonchev–Trinajstić information content (AvgIpc) is 3.03. The van der Waals surface area contributed by atoms with E-state index in [2.05, 4.69) is 0 Å². The Bertz CT molecular complexity index is 450. The molecule has 1 aliphatic rings. The lowest BCUT2D eigenvalue weighted by Crippen LogP contribution is -2.36. The van der Waals surface area contributed by atoms with Crippen LogP contribution in [0.5, 0.6) is 0 Å². The number of hydrogen-bond donors (Lipinski definition) is 0. The maximum absolute atomic E-state index is 12.0. The van der Waals surface area contributed by atoms with Crippen molar-refractivity contribution in [3.63, 3.8) is 0 Å². The van der Waals surface area contributed by atoms with Gasteiger partial charge in [-0.2, -0.15) is 0 Å². The highest BCUT2D eigenvalue weighted by atomic mass is 16.6. The van der Waals surface area contributed by atoms with Crippen molar-refractivity contribution < 1.29 is 14.1 Å². The molecule has 0 spiro atoms. The van der Waals surface area contributed by atoms with E-state index in [0.29, 0.717) is 5.92 Å². The molecule has 0 saturated heterocycles. The molecule has 0 N–H and O–H groups in total. The van der Waals surface area contributed by atoms with E-state index < -0.39 is 10.8 Å². The molecule has 2 rings (SSSR count). The minimum absolute atomic E-state index is 0.0201. The highest BCUT2D eigenvalue weighted by Gasteiger charge is 2.33. The van der Waals surface area contributed by atoms with Crippen molar-refractivity contribution in [1.29, 1.82) is 0 Å². The molecule has 1 atom stereocenters. The monoisotopic (exact) mass is 238 g/mol. The van der Waals surface area contributed by atoms with E-state index in [9.17, 15) is 14.9 Å². The molecular weight excluding hydrogens is 224 g/mol. The number of nitro groups is 1. The molecule has 1 aromatic heterocycles. The Morgan fingerprint density at radius 2 is 2.24 bits per heavy atom. The van der Waals surface area contributed by atoms with E-state index in [1.165, 1.54) is 12.1 Å². The molecule has 0 bridgehead atoms. The predicted octanol–water partition coefficient (Wildman–Crippen LogP) is 2.06.